The maximum atomic E-state index is 12.5. The Balaban J connectivity index is 1.87. The number of hydrogen-bond donors (Lipinski definition) is 1. The fraction of sp³-hybridized carbons (Fsp3) is 0.0556. The number of para-hydroxylation sites is 1. The number of benzene rings is 2. The monoisotopic (exact) mass is 319 g/mol. The first-order valence-electron chi connectivity index (χ1n) is 7.21. The van der Waals surface area contributed by atoms with Crippen LogP contribution in [0.25, 0.3) is 6.08 Å². The molecule has 1 saturated heterocycles. The molecule has 0 aliphatic carbocycles. The normalized spacial score (nSPS) is 15.3. The standard InChI is InChI=1S/C18H13N3O3/c19-9-10-24-15-8-4-5-13(11-15)12-16-17(22)20-21(18(16)23)14-6-2-1-3-7-14/h1-8,11-12H,10H2,(H,20,22)/b16-12-. The van der Waals surface area contributed by atoms with Crippen molar-refractivity contribution in [3.05, 3.63) is 65.7 Å². The lowest BCUT2D eigenvalue weighted by molar-refractivity contribution is -0.117. The van der Waals surface area contributed by atoms with Gasteiger partial charge in [0.15, 0.2) is 6.61 Å². The van der Waals surface area contributed by atoms with Gasteiger partial charge in [0.05, 0.1) is 5.69 Å². The molecule has 0 spiro atoms. The van der Waals surface area contributed by atoms with E-state index < -0.39 is 11.8 Å². The molecule has 1 fully saturated rings. The molecule has 2 amide bonds. The number of nitrogens with zero attached hydrogens (tertiary/aromatic N) is 2. The molecule has 3 rings (SSSR count). The highest BCUT2D eigenvalue weighted by Gasteiger charge is 2.34. The molecule has 0 aromatic heterocycles. The van der Waals surface area contributed by atoms with Crippen molar-refractivity contribution in [1.29, 1.82) is 5.26 Å². The van der Waals surface area contributed by atoms with Crippen molar-refractivity contribution in [2.24, 2.45) is 0 Å². The van der Waals surface area contributed by atoms with Gasteiger partial charge in [0.2, 0.25) is 0 Å². The molecule has 0 atom stereocenters. The van der Waals surface area contributed by atoms with Gasteiger partial charge in [0.1, 0.15) is 17.4 Å². The summed E-state index contributed by atoms with van der Waals surface area (Å²) in [7, 11) is 0. The molecule has 0 radical (unpaired) electrons. The van der Waals surface area contributed by atoms with E-state index in [0.717, 1.165) is 0 Å². The maximum Gasteiger partial charge on any atom is 0.282 e. The molecule has 0 bridgehead atoms. The minimum Gasteiger partial charge on any atom is -0.479 e. The Bertz CT molecular complexity index is 853. The van der Waals surface area contributed by atoms with Crippen LogP contribution in [0.5, 0.6) is 5.75 Å². The highest BCUT2D eigenvalue weighted by molar-refractivity contribution is 6.31. The number of ether oxygens (including phenoxy) is 1. The van der Waals surface area contributed by atoms with E-state index in [2.05, 4.69) is 5.43 Å². The molecule has 6 nitrogen and oxygen atoms in total. The molecular weight excluding hydrogens is 306 g/mol. The second-order valence-corrected chi connectivity index (χ2v) is 4.99. The number of hydrazine groups is 1. The maximum absolute atomic E-state index is 12.5. The molecule has 24 heavy (non-hydrogen) atoms. The summed E-state index contributed by atoms with van der Waals surface area (Å²) in [6, 6.07) is 17.6. The van der Waals surface area contributed by atoms with E-state index in [-0.39, 0.29) is 12.2 Å². The van der Waals surface area contributed by atoms with Gasteiger partial charge in [-0.05, 0) is 35.9 Å². The van der Waals surface area contributed by atoms with Gasteiger partial charge in [-0.25, -0.2) is 5.01 Å². The van der Waals surface area contributed by atoms with Crippen LogP contribution in [0.3, 0.4) is 0 Å². The lowest BCUT2D eigenvalue weighted by Gasteiger charge is -2.13. The van der Waals surface area contributed by atoms with Gasteiger partial charge in [-0.3, -0.25) is 15.0 Å². The van der Waals surface area contributed by atoms with Gasteiger partial charge in [-0.2, -0.15) is 5.26 Å². The third-order valence-corrected chi connectivity index (χ3v) is 3.38. The summed E-state index contributed by atoms with van der Waals surface area (Å²) in [4.78, 5) is 24.6. The quantitative estimate of drug-likeness (QED) is 0.690. The summed E-state index contributed by atoms with van der Waals surface area (Å²) in [6.45, 7) is -0.0682. The predicted octanol–water partition coefficient (Wildman–Crippen LogP) is 2.05. The number of carbonyl (C=O) groups is 2. The average molecular weight is 319 g/mol. The summed E-state index contributed by atoms with van der Waals surface area (Å²) >= 11 is 0. The molecule has 1 heterocycles. The molecule has 0 saturated carbocycles. The van der Waals surface area contributed by atoms with Crippen molar-refractivity contribution in [3.63, 3.8) is 0 Å². The Morgan fingerprint density at radius 1 is 1.12 bits per heavy atom. The summed E-state index contributed by atoms with van der Waals surface area (Å²) in [5.41, 5.74) is 3.81. The first-order valence-corrected chi connectivity index (χ1v) is 7.21. The molecule has 118 valence electrons. The number of rotatable bonds is 4. The van der Waals surface area contributed by atoms with Gasteiger partial charge >= 0.3 is 0 Å². The lowest BCUT2D eigenvalue weighted by Crippen LogP contribution is -2.35. The van der Waals surface area contributed by atoms with Crippen LogP contribution in [0.2, 0.25) is 0 Å². The smallest absolute Gasteiger partial charge is 0.282 e. The Hall–Kier alpha value is -3.59. The van der Waals surface area contributed by atoms with E-state index >= 15 is 0 Å². The topological polar surface area (TPSA) is 82.4 Å². The average Bonchev–Trinajstić information content (AvgIpc) is 2.89. The fourth-order valence-electron chi connectivity index (χ4n) is 2.29. The second kappa shape index (κ2) is 6.67. The van der Waals surface area contributed by atoms with Crippen LogP contribution >= 0.6 is 0 Å². The van der Waals surface area contributed by atoms with E-state index in [9.17, 15) is 9.59 Å². The highest BCUT2D eigenvalue weighted by atomic mass is 16.5. The molecule has 1 aliphatic heterocycles. The van der Waals surface area contributed by atoms with Crippen LogP contribution in [-0.4, -0.2) is 18.4 Å². The lowest BCUT2D eigenvalue weighted by atomic mass is 10.1. The number of nitriles is 1. The van der Waals surface area contributed by atoms with Crippen LogP contribution in [0, 0.1) is 11.3 Å². The van der Waals surface area contributed by atoms with Crippen molar-refractivity contribution in [2.75, 3.05) is 11.6 Å². The Morgan fingerprint density at radius 2 is 1.92 bits per heavy atom. The molecule has 2 aromatic rings. The van der Waals surface area contributed by atoms with Crippen molar-refractivity contribution in [2.45, 2.75) is 0 Å². The van der Waals surface area contributed by atoms with Gasteiger partial charge < -0.3 is 4.74 Å². The summed E-state index contributed by atoms with van der Waals surface area (Å²) < 4.78 is 5.22. The second-order valence-electron chi connectivity index (χ2n) is 4.99. The summed E-state index contributed by atoms with van der Waals surface area (Å²) in [5.74, 6) is -0.390. The first-order chi connectivity index (χ1) is 11.7. The molecule has 2 aromatic carbocycles. The minimum atomic E-state index is -0.466. The van der Waals surface area contributed by atoms with Gasteiger partial charge in [-0.1, -0.05) is 30.3 Å². The van der Waals surface area contributed by atoms with Crippen LogP contribution < -0.4 is 15.2 Å². The largest absolute Gasteiger partial charge is 0.479 e. The SMILES string of the molecule is N#CCOc1cccc(/C=C2/C(=O)NN(c3ccccc3)C2=O)c1. The molecule has 1 aliphatic rings. The summed E-state index contributed by atoms with van der Waals surface area (Å²) in [6.07, 6.45) is 1.50. The Morgan fingerprint density at radius 3 is 2.67 bits per heavy atom. The Kier molecular flexibility index (Phi) is 4.25. The van der Waals surface area contributed by atoms with E-state index in [1.54, 1.807) is 48.5 Å². The van der Waals surface area contributed by atoms with Crippen molar-refractivity contribution >= 4 is 23.6 Å². The zero-order valence-corrected chi connectivity index (χ0v) is 12.6. The third-order valence-electron chi connectivity index (χ3n) is 3.38. The number of nitrogens with one attached hydrogen (secondary N) is 1. The van der Waals surface area contributed by atoms with E-state index in [4.69, 9.17) is 10.00 Å². The summed E-state index contributed by atoms with van der Waals surface area (Å²) in [5, 5.41) is 9.76. The van der Waals surface area contributed by atoms with E-state index in [1.807, 2.05) is 12.1 Å². The van der Waals surface area contributed by atoms with Gasteiger partial charge in [0, 0.05) is 0 Å². The van der Waals surface area contributed by atoms with Gasteiger partial charge in [-0.15, -0.1) is 0 Å². The number of amides is 2. The minimum absolute atomic E-state index is 0.0382. The zero-order chi connectivity index (χ0) is 16.9. The van der Waals surface area contributed by atoms with Crippen LogP contribution in [0.4, 0.5) is 5.69 Å². The van der Waals surface area contributed by atoms with E-state index in [1.165, 1.54) is 11.1 Å². The number of anilines is 1. The predicted molar refractivity (Wildman–Crippen MR) is 87.6 cm³/mol. The third kappa shape index (κ3) is 3.10. The number of hydrogen-bond acceptors (Lipinski definition) is 4. The number of carbonyl (C=O) groups excluding carboxylic acids is 2. The van der Waals surface area contributed by atoms with Crippen LogP contribution in [-0.2, 0) is 9.59 Å². The van der Waals surface area contributed by atoms with Crippen molar-refractivity contribution < 1.29 is 14.3 Å². The van der Waals surface area contributed by atoms with Crippen LogP contribution in [0.1, 0.15) is 5.56 Å². The van der Waals surface area contributed by atoms with E-state index in [0.29, 0.717) is 17.0 Å². The highest BCUT2D eigenvalue weighted by Crippen LogP contribution is 2.22. The van der Waals surface area contributed by atoms with Crippen molar-refractivity contribution in [3.8, 4) is 11.8 Å². The molecule has 1 N–H and O–H groups in total. The fourth-order valence-corrected chi connectivity index (χ4v) is 2.29. The van der Waals surface area contributed by atoms with Crippen LogP contribution in [0.15, 0.2) is 60.2 Å². The Labute approximate surface area is 138 Å². The zero-order valence-electron chi connectivity index (χ0n) is 12.6. The molecular formula is C18H13N3O3. The van der Waals surface area contributed by atoms with Gasteiger partial charge in [0.25, 0.3) is 11.8 Å². The van der Waals surface area contributed by atoms with Crippen molar-refractivity contribution in [1.82, 2.24) is 5.43 Å². The first kappa shape index (κ1) is 15.3. The molecule has 0 unspecified atom stereocenters. The molecule has 6 heteroatoms.